The minimum absolute atomic E-state index is 0.000903. The van der Waals surface area contributed by atoms with Crippen LogP contribution in [0.25, 0.3) is 0 Å². The van der Waals surface area contributed by atoms with E-state index in [4.69, 9.17) is 4.74 Å². The van der Waals surface area contributed by atoms with E-state index in [0.29, 0.717) is 30.9 Å². The van der Waals surface area contributed by atoms with Crippen LogP contribution in [0.3, 0.4) is 0 Å². The van der Waals surface area contributed by atoms with Gasteiger partial charge < -0.3 is 15.0 Å². The number of carbonyl (C=O) groups excluding carboxylic acids is 2. The van der Waals surface area contributed by atoms with Crippen molar-refractivity contribution in [2.24, 2.45) is 17.3 Å². The summed E-state index contributed by atoms with van der Waals surface area (Å²) in [6, 6.07) is 3.33. The summed E-state index contributed by atoms with van der Waals surface area (Å²) in [5.41, 5.74) is 0.241. The molecule has 3 aliphatic rings. The molecule has 0 aromatic heterocycles. The standard InChI is InChI=1S/C21H25F3N2O3/c1-13-6-16(21(22,23)24)2-3-17(13)25-18(27)7-14-8-20(9-14)11-26(12-20)19(28)15-4-5-29-10-15/h2-3,6,14-15H,4-5,7-12H2,1H3,(H,25,27). The average Bonchev–Trinajstić information content (AvgIpc) is 3.10. The molecule has 2 aliphatic heterocycles. The van der Waals surface area contributed by atoms with Crippen molar-refractivity contribution in [1.82, 2.24) is 4.90 Å². The van der Waals surface area contributed by atoms with Gasteiger partial charge in [0.15, 0.2) is 0 Å². The Balaban J connectivity index is 1.22. The van der Waals surface area contributed by atoms with Gasteiger partial charge in [0.2, 0.25) is 11.8 Å². The van der Waals surface area contributed by atoms with Crippen molar-refractivity contribution in [2.45, 2.75) is 38.8 Å². The second kappa shape index (κ2) is 7.31. The highest BCUT2D eigenvalue weighted by Crippen LogP contribution is 2.53. The molecular weight excluding hydrogens is 385 g/mol. The molecule has 1 atom stereocenters. The summed E-state index contributed by atoms with van der Waals surface area (Å²) >= 11 is 0. The molecule has 1 aromatic rings. The zero-order valence-electron chi connectivity index (χ0n) is 16.3. The van der Waals surface area contributed by atoms with E-state index in [-0.39, 0.29) is 29.1 Å². The highest BCUT2D eigenvalue weighted by molar-refractivity contribution is 5.91. The van der Waals surface area contributed by atoms with Crippen LogP contribution in [0.4, 0.5) is 18.9 Å². The third kappa shape index (κ3) is 4.13. The first kappa shape index (κ1) is 20.2. The second-order valence-electron chi connectivity index (χ2n) is 8.81. The number of alkyl halides is 3. The van der Waals surface area contributed by atoms with Gasteiger partial charge in [0.05, 0.1) is 18.1 Å². The smallest absolute Gasteiger partial charge is 0.381 e. The summed E-state index contributed by atoms with van der Waals surface area (Å²) in [6.45, 7) is 4.26. The van der Waals surface area contributed by atoms with E-state index in [1.54, 1.807) is 6.92 Å². The topological polar surface area (TPSA) is 58.6 Å². The van der Waals surface area contributed by atoms with Crippen LogP contribution >= 0.6 is 0 Å². The van der Waals surface area contributed by atoms with Gasteiger partial charge in [-0.05, 0) is 55.9 Å². The summed E-state index contributed by atoms with van der Waals surface area (Å²) in [4.78, 5) is 26.6. The number of ether oxygens (including phenoxy) is 1. The quantitative estimate of drug-likeness (QED) is 0.825. The van der Waals surface area contributed by atoms with Crippen LogP contribution in [0, 0.1) is 24.2 Å². The fourth-order valence-electron chi connectivity index (χ4n) is 4.92. The molecule has 3 fully saturated rings. The zero-order valence-corrected chi connectivity index (χ0v) is 16.3. The number of hydrogen-bond acceptors (Lipinski definition) is 3. The molecule has 2 saturated heterocycles. The highest BCUT2D eigenvalue weighted by atomic mass is 19.4. The van der Waals surface area contributed by atoms with Gasteiger partial charge in [-0.3, -0.25) is 9.59 Å². The van der Waals surface area contributed by atoms with Crippen molar-refractivity contribution in [3.8, 4) is 0 Å². The number of hydrogen-bond donors (Lipinski definition) is 1. The molecule has 1 saturated carbocycles. The second-order valence-corrected chi connectivity index (χ2v) is 8.81. The van der Waals surface area contributed by atoms with Gasteiger partial charge in [-0.1, -0.05) is 0 Å². The predicted molar refractivity (Wildman–Crippen MR) is 100 cm³/mol. The van der Waals surface area contributed by atoms with E-state index in [9.17, 15) is 22.8 Å². The first-order valence-corrected chi connectivity index (χ1v) is 9.99. The van der Waals surface area contributed by atoms with E-state index in [0.717, 1.165) is 44.5 Å². The number of aryl methyl sites for hydroxylation is 1. The highest BCUT2D eigenvalue weighted by Gasteiger charge is 2.54. The number of likely N-dealkylation sites (tertiary alicyclic amines) is 1. The molecule has 1 N–H and O–H groups in total. The zero-order chi connectivity index (χ0) is 20.8. The van der Waals surface area contributed by atoms with Gasteiger partial charge in [0, 0.05) is 37.2 Å². The van der Waals surface area contributed by atoms with E-state index >= 15 is 0 Å². The largest absolute Gasteiger partial charge is 0.416 e. The van der Waals surface area contributed by atoms with Crippen molar-refractivity contribution in [3.63, 3.8) is 0 Å². The van der Waals surface area contributed by atoms with Crippen LogP contribution < -0.4 is 5.32 Å². The lowest BCUT2D eigenvalue weighted by molar-refractivity contribution is -0.160. The van der Waals surface area contributed by atoms with Gasteiger partial charge in [0.1, 0.15) is 0 Å². The number of rotatable bonds is 4. The Morgan fingerprint density at radius 3 is 2.59 bits per heavy atom. The molecule has 2 heterocycles. The number of carbonyl (C=O) groups is 2. The third-order valence-electron chi connectivity index (χ3n) is 6.39. The third-order valence-corrected chi connectivity index (χ3v) is 6.39. The van der Waals surface area contributed by atoms with Crippen LogP contribution in [0.1, 0.15) is 36.8 Å². The van der Waals surface area contributed by atoms with Crippen LogP contribution in [0.2, 0.25) is 0 Å². The van der Waals surface area contributed by atoms with Crippen LogP contribution in [0.15, 0.2) is 18.2 Å². The summed E-state index contributed by atoms with van der Waals surface area (Å²) in [5.74, 6) is 0.271. The Hall–Kier alpha value is -2.09. The van der Waals surface area contributed by atoms with Gasteiger partial charge in [-0.2, -0.15) is 13.2 Å². The molecule has 0 bridgehead atoms. The molecule has 4 rings (SSSR count). The van der Waals surface area contributed by atoms with Crippen molar-refractivity contribution in [3.05, 3.63) is 29.3 Å². The molecule has 0 radical (unpaired) electrons. The number of halogens is 3. The molecule has 1 spiro atoms. The van der Waals surface area contributed by atoms with Gasteiger partial charge in [-0.25, -0.2) is 0 Å². The normalized spacial score (nSPS) is 23.6. The minimum Gasteiger partial charge on any atom is -0.381 e. The predicted octanol–water partition coefficient (Wildman–Crippen LogP) is 3.62. The van der Waals surface area contributed by atoms with E-state index in [2.05, 4.69) is 5.32 Å². The lowest BCUT2D eigenvalue weighted by Crippen LogP contribution is -2.64. The van der Waals surface area contributed by atoms with Crippen molar-refractivity contribution < 1.29 is 27.5 Å². The van der Waals surface area contributed by atoms with E-state index in [1.165, 1.54) is 6.07 Å². The molecule has 8 heteroatoms. The van der Waals surface area contributed by atoms with Crippen molar-refractivity contribution in [2.75, 3.05) is 31.6 Å². The number of nitrogens with zero attached hydrogens (tertiary/aromatic N) is 1. The Morgan fingerprint density at radius 1 is 1.28 bits per heavy atom. The molecule has 1 aromatic carbocycles. The summed E-state index contributed by atoms with van der Waals surface area (Å²) in [5, 5.41) is 2.73. The molecule has 2 amide bonds. The number of anilines is 1. The Kier molecular flexibility index (Phi) is 5.09. The first-order chi connectivity index (χ1) is 13.7. The maximum atomic E-state index is 12.7. The summed E-state index contributed by atoms with van der Waals surface area (Å²) in [7, 11) is 0. The lowest BCUT2D eigenvalue weighted by atomic mass is 9.57. The Morgan fingerprint density at radius 2 is 2.00 bits per heavy atom. The van der Waals surface area contributed by atoms with Crippen LogP contribution in [-0.4, -0.2) is 43.0 Å². The SMILES string of the molecule is Cc1cc(C(F)(F)F)ccc1NC(=O)CC1CC2(C1)CN(C(=O)C1CCOC1)C2. The van der Waals surface area contributed by atoms with Crippen LogP contribution in [0.5, 0.6) is 0 Å². The molecular formula is C21H25F3N2O3. The summed E-state index contributed by atoms with van der Waals surface area (Å²) < 4.78 is 43.5. The van der Waals surface area contributed by atoms with Crippen molar-refractivity contribution >= 4 is 17.5 Å². The molecule has 29 heavy (non-hydrogen) atoms. The van der Waals surface area contributed by atoms with Gasteiger partial charge in [0.25, 0.3) is 0 Å². The molecule has 158 valence electrons. The van der Waals surface area contributed by atoms with Crippen LogP contribution in [-0.2, 0) is 20.5 Å². The number of benzene rings is 1. The molecule has 5 nitrogen and oxygen atoms in total. The molecule has 1 unspecified atom stereocenters. The first-order valence-electron chi connectivity index (χ1n) is 9.99. The fourth-order valence-corrected chi connectivity index (χ4v) is 4.92. The number of amides is 2. The average molecular weight is 410 g/mol. The van der Waals surface area contributed by atoms with Gasteiger partial charge >= 0.3 is 6.18 Å². The van der Waals surface area contributed by atoms with E-state index < -0.39 is 11.7 Å². The maximum Gasteiger partial charge on any atom is 0.416 e. The summed E-state index contributed by atoms with van der Waals surface area (Å²) in [6.07, 6.45) is -1.41. The Labute approximate surface area is 167 Å². The Bertz CT molecular complexity index is 804. The van der Waals surface area contributed by atoms with E-state index in [1.807, 2.05) is 4.90 Å². The molecule has 1 aliphatic carbocycles. The van der Waals surface area contributed by atoms with Crippen molar-refractivity contribution in [1.29, 1.82) is 0 Å². The fraction of sp³-hybridized carbons (Fsp3) is 0.619. The maximum absolute atomic E-state index is 12.7. The number of nitrogens with one attached hydrogen (secondary N) is 1. The monoisotopic (exact) mass is 410 g/mol. The van der Waals surface area contributed by atoms with Gasteiger partial charge in [-0.15, -0.1) is 0 Å². The minimum atomic E-state index is -4.39. The lowest BCUT2D eigenvalue weighted by Gasteiger charge is -2.59.